The first-order valence-electron chi connectivity index (χ1n) is 10.1. The predicted octanol–water partition coefficient (Wildman–Crippen LogP) is 6.98. The van der Waals surface area contributed by atoms with Gasteiger partial charge in [-0.2, -0.15) is 0 Å². The molecule has 0 N–H and O–H groups in total. The molecule has 0 heteroatoms. The summed E-state index contributed by atoms with van der Waals surface area (Å²) >= 11 is 0. The lowest BCUT2D eigenvalue weighted by molar-refractivity contribution is 0.354. The minimum absolute atomic E-state index is 0.508. The van der Waals surface area contributed by atoms with Crippen molar-refractivity contribution in [2.45, 2.75) is 64.2 Å². The van der Waals surface area contributed by atoms with Gasteiger partial charge in [0.15, 0.2) is 0 Å². The van der Waals surface area contributed by atoms with Gasteiger partial charge in [-0.25, -0.2) is 0 Å². The van der Waals surface area contributed by atoms with E-state index in [1.807, 2.05) is 0 Å². The Kier molecular flexibility index (Phi) is 6.75. The molecule has 1 fully saturated rings. The van der Waals surface area contributed by atoms with Gasteiger partial charge < -0.3 is 0 Å². The molecule has 0 aromatic heterocycles. The molecule has 128 valence electrons. The zero-order chi connectivity index (χ0) is 16.6. The number of hydrogen-bond acceptors (Lipinski definition) is 0. The number of unbranched alkanes of at least 4 members (excludes halogenated alkanes) is 6. The molecule has 24 heavy (non-hydrogen) atoms. The fraction of sp³-hybridized carbons (Fsp3) is 0.542. The molecule has 1 saturated carbocycles. The average molecular weight is 321 g/mol. The molecule has 4 unspecified atom stereocenters. The number of allylic oxidation sites excluding steroid dienone is 4. The standard InChI is InChI=1S/C24H32/c1-2-3-4-5-6-7-11-18-23-22-17-13-12-16-21(22)19-24(23)20-14-9-8-10-15-20/h8-10,12-17,21-24H,2-7,11,18H2,1H3. The highest BCUT2D eigenvalue weighted by Crippen LogP contribution is 2.50. The zero-order valence-electron chi connectivity index (χ0n) is 15.2. The molecule has 0 amide bonds. The summed E-state index contributed by atoms with van der Waals surface area (Å²) in [6.07, 6.45) is 24.3. The first kappa shape index (κ1) is 17.5. The minimum atomic E-state index is 0.508. The largest absolute Gasteiger partial charge is 0.0805 e. The quantitative estimate of drug-likeness (QED) is 0.430. The van der Waals surface area contributed by atoms with Crippen molar-refractivity contribution in [3.63, 3.8) is 0 Å². The summed E-state index contributed by atoms with van der Waals surface area (Å²) in [6.45, 7) is 2.29. The van der Waals surface area contributed by atoms with Crippen molar-refractivity contribution in [2.24, 2.45) is 17.8 Å². The highest BCUT2D eigenvalue weighted by molar-refractivity contribution is 5.32. The van der Waals surface area contributed by atoms with E-state index in [0.29, 0.717) is 17.8 Å². The van der Waals surface area contributed by atoms with E-state index in [2.05, 4.69) is 68.0 Å². The second kappa shape index (κ2) is 9.25. The Hall–Kier alpha value is -1.30. The maximum absolute atomic E-state index is 3.89. The second-order valence-corrected chi connectivity index (χ2v) is 7.50. The third-order valence-electron chi connectivity index (χ3n) is 5.77. The second-order valence-electron chi connectivity index (χ2n) is 7.50. The average Bonchev–Trinajstić information content (AvgIpc) is 3.00. The SMILES string of the molecule is CCCCCCCCCC1C(c2ccccc2)[C]C2C=CC=CC21. The van der Waals surface area contributed by atoms with Gasteiger partial charge >= 0.3 is 0 Å². The molecule has 1 aromatic carbocycles. The molecule has 3 rings (SSSR count). The van der Waals surface area contributed by atoms with Crippen molar-refractivity contribution in [1.82, 2.24) is 0 Å². The molecule has 0 nitrogen and oxygen atoms in total. The third-order valence-corrected chi connectivity index (χ3v) is 5.77. The van der Waals surface area contributed by atoms with Gasteiger partial charge in [-0.1, -0.05) is 107 Å². The van der Waals surface area contributed by atoms with Crippen molar-refractivity contribution < 1.29 is 0 Å². The van der Waals surface area contributed by atoms with Crippen LogP contribution in [0.5, 0.6) is 0 Å². The lowest BCUT2D eigenvalue weighted by atomic mass is 9.79. The molecule has 0 heterocycles. The highest BCUT2D eigenvalue weighted by atomic mass is 14.4. The van der Waals surface area contributed by atoms with E-state index in [0.717, 1.165) is 5.92 Å². The third kappa shape index (κ3) is 4.41. The van der Waals surface area contributed by atoms with E-state index in [9.17, 15) is 0 Å². The molecule has 2 aliphatic carbocycles. The van der Waals surface area contributed by atoms with E-state index in [1.165, 1.54) is 56.9 Å². The summed E-state index contributed by atoms with van der Waals surface area (Å²) in [6, 6.07) is 11.1. The molecule has 0 spiro atoms. The minimum Gasteiger partial charge on any atom is -0.0805 e. The maximum Gasteiger partial charge on any atom is -0.000879 e. The van der Waals surface area contributed by atoms with Gasteiger partial charge in [0.1, 0.15) is 0 Å². The fourth-order valence-electron chi connectivity index (χ4n) is 4.45. The molecule has 4 atom stereocenters. The lowest BCUT2D eigenvalue weighted by Gasteiger charge is -2.25. The molecular weight excluding hydrogens is 288 g/mol. The summed E-state index contributed by atoms with van der Waals surface area (Å²) in [7, 11) is 0. The van der Waals surface area contributed by atoms with E-state index < -0.39 is 0 Å². The normalized spacial score (nSPS) is 28.2. The Balaban J connectivity index is 1.55. The van der Waals surface area contributed by atoms with Gasteiger partial charge in [0.2, 0.25) is 0 Å². The molecule has 2 radical (unpaired) electrons. The van der Waals surface area contributed by atoms with Crippen molar-refractivity contribution in [2.75, 3.05) is 0 Å². The van der Waals surface area contributed by atoms with Crippen LogP contribution in [0, 0.1) is 24.2 Å². The summed E-state index contributed by atoms with van der Waals surface area (Å²) in [4.78, 5) is 0. The molecule has 0 aliphatic heterocycles. The predicted molar refractivity (Wildman–Crippen MR) is 104 cm³/mol. The van der Waals surface area contributed by atoms with Crippen molar-refractivity contribution in [1.29, 1.82) is 0 Å². The Labute approximate surface area is 149 Å². The lowest BCUT2D eigenvalue weighted by Crippen LogP contribution is -2.16. The molecule has 2 aliphatic rings. The Morgan fingerprint density at radius 1 is 0.833 bits per heavy atom. The molecule has 0 saturated heterocycles. The number of rotatable bonds is 9. The summed E-state index contributed by atoms with van der Waals surface area (Å²) in [5, 5.41) is 0. The van der Waals surface area contributed by atoms with Crippen molar-refractivity contribution in [3.05, 3.63) is 66.6 Å². The van der Waals surface area contributed by atoms with Gasteiger partial charge in [0, 0.05) is 0 Å². The summed E-state index contributed by atoms with van der Waals surface area (Å²) < 4.78 is 0. The van der Waals surface area contributed by atoms with Crippen LogP contribution in [0.25, 0.3) is 0 Å². The number of benzene rings is 1. The maximum atomic E-state index is 3.89. The smallest absolute Gasteiger partial charge is 0.000879 e. The van der Waals surface area contributed by atoms with Crippen LogP contribution in [-0.2, 0) is 0 Å². The van der Waals surface area contributed by atoms with Crippen LogP contribution in [0.1, 0.15) is 69.8 Å². The van der Waals surface area contributed by atoms with E-state index in [1.54, 1.807) is 0 Å². The first-order valence-corrected chi connectivity index (χ1v) is 10.1. The number of fused-ring (bicyclic) bond motifs is 1. The van der Waals surface area contributed by atoms with Crippen molar-refractivity contribution in [3.8, 4) is 0 Å². The van der Waals surface area contributed by atoms with Crippen LogP contribution < -0.4 is 0 Å². The Morgan fingerprint density at radius 2 is 1.54 bits per heavy atom. The Morgan fingerprint density at radius 3 is 2.33 bits per heavy atom. The van der Waals surface area contributed by atoms with Gasteiger partial charge in [-0.05, 0) is 42.1 Å². The first-order chi connectivity index (χ1) is 11.9. The zero-order valence-corrected chi connectivity index (χ0v) is 15.2. The molecule has 0 bridgehead atoms. The Bertz CT molecular complexity index is 524. The molecule has 1 aromatic rings. The monoisotopic (exact) mass is 320 g/mol. The molecular formula is C24H32. The van der Waals surface area contributed by atoms with Crippen LogP contribution in [0.2, 0.25) is 0 Å². The number of hydrogen-bond donors (Lipinski definition) is 0. The van der Waals surface area contributed by atoms with Crippen LogP contribution in [0.15, 0.2) is 54.6 Å². The van der Waals surface area contributed by atoms with E-state index in [4.69, 9.17) is 0 Å². The van der Waals surface area contributed by atoms with Crippen LogP contribution in [0.4, 0.5) is 0 Å². The summed E-state index contributed by atoms with van der Waals surface area (Å²) in [5.74, 6) is 2.43. The van der Waals surface area contributed by atoms with Gasteiger partial charge in [-0.15, -0.1) is 0 Å². The van der Waals surface area contributed by atoms with Crippen LogP contribution >= 0.6 is 0 Å². The van der Waals surface area contributed by atoms with Crippen LogP contribution in [-0.4, -0.2) is 0 Å². The van der Waals surface area contributed by atoms with E-state index >= 15 is 0 Å². The van der Waals surface area contributed by atoms with Gasteiger partial charge in [-0.3, -0.25) is 0 Å². The fourth-order valence-corrected chi connectivity index (χ4v) is 4.45. The van der Waals surface area contributed by atoms with Crippen LogP contribution in [0.3, 0.4) is 0 Å². The summed E-state index contributed by atoms with van der Waals surface area (Å²) in [5.41, 5.74) is 1.46. The van der Waals surface area contributed by atoms with Gasteiger partial charge in [0.25, 0.3) is 0 Å². The van der Waals surface area contributed by atoms with Crippen molar-refractivity contribution >= 4 is 0 Å². The topological polar surface area (TPSA) is 0 Å². The highest BCUT2D eigenvalue weighted by Gasteiger charge is 2.41. The van der Waals surface area contributed by atoms with E-state index in [-0.39, 0.29) is 0 Å². The van der Waals surface area contributed by atoms with Gasteiger partial charge in [0.05, 0.1) is 0 Å².